The fourth-order valence-electron chi connectivity index (χ4n) is 3.44. The average Bonchev–Trinajstić information content (AvgIpc) is 3.37. The lowest BCUT2D eigenvalue weighted by Crippen LogP contribution is -3.09. The second-order valence-corrected chi connectivity index (χ2v) is 8.20. The molecule has 3 aromatic heterocycles. The van der Waals surface area contributed by atoms with Crippen LogP contribution in [-0.4, -0.2) is 30.6 Å². The van der Waals surface area contributed by atoms with E-state index in [1.54, 1.807) is 6.26 Å². The van der Waals surface area contributed by atoms with Crippen molar-refractivity contribution in [1.29, 1.82) is 0 Å². The topological polar surface area (TPSA) is 66.6 Å². The molecule has 3 heterocycles. The van der Waals surface area contributed by atoms with Gasteiger partial charge in [0.15, 0.2) is 5.82 Å². The lowest BCUT2D eigenvalue weighted by Gasteiger charge is -2.18. The van der Waals surface area contributed by atoms with E-state index in [0.29, 0.717) is 17.7 Å². The number of benzene rings is 1. The van der Waals surface area contributed by atoms with Gasteiger partial charge in [-0.1, -0.05) is 12.1 Å². The summed E-state index contributed by atoms with van der Waals surface area (Å²) in [6, 6.07) is 12.3. The van der Waals surface area contributed by atoms with E-state index in [1.807, 2.05) is 31.6 Å². The molecule has 7 heteroatoms. The monoisotopic (exact) mass is 409 g/mol. The molecule has 0 amide bonds. The number of aromatic amines is 1. The molecule has 0 aliphatic heterocycles. The normalized spacial score (nSPS) is 12.4. The molecule has 1 unspecified atom stereocenters. The van der Waals surface area contributed by atoms with Crippen molar-refractivity contribution in [1.82, 2.24) is 9.97 Å². The summed E-state index contributed by atoms with van der Waals surface area (Å²) in [4.78, 5) is 24.7. The van der Waals surface area contributed by atoms with Gasteiger partial charge in [-0.25, -0.2) is 4.98 Å². The number of nitrogens with one attached hydrogen (secondary N) is 2. The minimum Gasteiger partial charge on any atom is -0.464 e. The molecular weight excluding hydrogens is 384 g/mol. The summed E-state index contributed by atoms with van der Waals surface area (Å²) in [5.41, 5.74) is 3.15. The largest absolute Gasteiger partial charge is 0.464 e. The van der Waals surface area contributed by atoms with Gasteiger partial charge in [-0.2, -0.15) is 0 Å². The zero-order valence-corrected chi connectivity index (χ0v) is 17.7. The third kappa shape index (κ3) is 4.11. The molecule has 29 heavy (non-hydrogen) atoms. The van der Waals surface area contributed by atoms with E-state index >= 15 is 0 Å². The summed E-state index contributed by atoms with van der Waals surface area (Å²) >= 11 is 1.48. The zero-order chi connectivity index (χ0) is 20.4. The quantitative estimate of drug-likeness (QED) is 0.493. The van der Waals surface area contributed by atoms with Crippen LogP contribution in [0.5, 0.6) is 0 Å². The standard InChI is InChI=1S/C22H24N4O2S/c1-4-26(12-15-7-9-16(10-8-15)25(2)3)13-19-23-21(27)20-17(14-29-22(20)24-19)18-6-5-11-28-18/h5-11,14H,4,12-13H2,1-3H3,(H,23,24,27)/p+1. The first-order chi connectivity index (χ1) is 14.0. The van der Waals surface area contributed by atoms with E-state index in [-0.39, 0.29) is 5.56 Å². The Morgan fingerprint density at radius 2 is 1.97 bits per heavy atom. The van der Waals surface area contributed by atoms with E-state index in [1.165, 1.54) is 27.5 Å². The Labute approximate surface area is 173 Å². The van der Waals surface area contributed by atoms with Crippen LogP contribution in [0.3, 0.4) is 0 Å². The van der Waals surface area contributed by atoms with Crippen LogP contribution < -0.4 is 15.4 Å². The lowest BCUT2D eigenvalue weighted by molar-refractivity contribution is -0.926. The van der Waals surface area contributed by atoms with Gasteiger partial charge in [0.2, 0.25) is 0 Å². The Kier molecular flexibility index (Phi) is 5.51. The molecule has 4 aromatic rings. The number of furan rings is 1. The summed E-state index contributed by atoms with van der Waals surface area (Å²) in [5.74, 6) is 1.41. The second kappa shape index (κ2) is 8.23. The maximum absolute atomic E-state index is 12.8. The molecule has 0 aliphatic carbocycles. The third-order valence-electron chi connectivity index (χ3n) is 5.10. The van der Waals surface area contributed by atoms with Crippen LogP contribution in [-0.2, 0) is 13.1 Å². The Morgan fingerprint density at radius 3 is 2.62 bits per heavy atom. The molecule has 1 aromatic carbocycles. The Balaban J connectivity index is 1.55. The fourth-order valence-corrected chi connectivity index (χ4v) is 4.39. The summed E-state index contributed by atoms with van der Waals surface area (Å²) < 4.78 is 5.46. The molecule has 2 N–H and O–H groups in total. The molecule has 150 valence electrons. The van der Waals surface area contributed by atoms with Gasteiger partial charge in [-0.3, -0.25) is 4.79 Å². The number of aromatic nitrogens is 2. The van der Waals surface area contributed by atoms with Gasteiger partial charge in [0.1, 0.15) is 23.7 Å². The number of hydrogen-bond acceptors (Lipinski definition) is 5. The highest BCUT2D eigenvalue weighted by atomic mass is 32.1. The number of thiophene rings is 1. The average molecular weight is 410 g/mol. The van der Waals surface area contributed by atoms with E-state index in [0.717, 1.165) is 29.3 Å². The highest BCUT2D eigenvalue weighted by Crippen LogP contribution is 2.30. The van der Waals surface area contributed by atoms with Crippen molar-refractivity contribution in [3.8, 4) is 11.3 Å². The van der Waals surface area contributed by atoms with Gasteiger partial charge in [-0.05, 0) is 31.2 Å². The molecular formula is C22H25N4O2S+. The lowest BCUT2D eigenvalue weighted by atomic mass is 10.2. The first kappa shape index (κ1) is 19.4. The minimum atomic E-state index is -0.108. The molecule has 0 spiro atoms. The zero-order valence-electron chi connectivity index (χ0n) is 16.9. The number of H-pyrrole nitrogens is 1. The maximum atomic E-state index is 12.8. The van der Waals surface area contributed by atoms with E-state index in [2.05, 4.69) is 41.1 Å². The van der Waals surface area contributed by atoms with Crippen LogP contribution in [0.15, 0.2) is 57.3 Å². The predicted molar refractivity (Wildman–Crippen MR) is 118 cm³/mol. The molecule has 0 bridgehead atoms. The van der Waals surface area contributed by atoms with Crippen molar-refractivity contribution in [2.75, 3.05) is 25.5 Å². The maximum Gasteiger partial charge on any atom is 0.260 e. The van der Waals surface area contributed by atoms with Crippen LogP contribution in [0.1, 0.15) is 18.3 Å². The van der Waals surface area contributed by atoms with Crippen LogP contribution in [0.4, 0.5) is 5.69 Å². The predicted octanol–water partition coefficient (Wildman–Crippen LogP) is 2.92. The summed E-state index contributed by atoms with van der Waals surface area (Å²) in [7, 11) is 4.08. The van der Waals surface area contributed by atoms with Gasteiger partial charge in [0.05, 0.1) is 18.2 Å². The Morgan fingerprint density at radius 1 is 1.17 bits per heavy atom. The summed E-state index contributed by atoms with van der Waals surface area (Å²) in [6.45, 7) is 4.65. The fraction of sp³-hybridized carbons (Fsp3) is 0.273. The molecule has 0 saturated heterocycles. The first-order valence-electron chi connectivity index (χ1n) is 9.69. The van der Waals surface area contributed by atoms with Crippen molar-refractivity contribution in [3.05, 3.63) is 69.8 Å². The van der Waals surface area contributed by atoms with Gasteiger partial charge >= 0.3 is 0 Å². The van der Waals surface area contributed by atoms with Crippen molar-refractivity contribution in [2.24, 2.45) is 0 Å². The Hall–Kier alpha value is -2.90. The third-order valence-corrected chi connectivity index (χ3v) is 5.98. The molecule has 6 nitrogen and oxygen atoms in total. The molecule has 0 saturated carbocycles. The van der Waals surface area contributed by atoms with Crippen LogP contribution in [0, 0.1) is 0 Å². The Bertz CT molecular complexity index is 1140. The van der Waals surface area contributed by atoms with E-state index in [9.17, 15) is 4.79 Å². The SMILES string of the molecule is CC[NH+](Cc1ccc(N(C)C)cc1)Cc1nc2scc(-c3ccco3)c2c(=O)[nH]1. The minimum absolute atomic E-state index is 0.108. The molecule has 0 radical (unpaired) electrons. The van der Waals surface area contributed by atoms with Crippen LogP contribution in [0.2, 0.25) is 0 Å². The highest BCUT2D eigenvalue weighted by molar-refractivity contribution is 7.17. The number of quaternary nitrogens is 1. The first-order valence-corrected chi connectivity index (χ1v) is 10.6. The number of hydrogen-bond donors (Lipinski definition) is 2. The number of fused-ring (bicyclic) bond motifs is 1. The van der Waals surface area contributed by atoms with Crippen molar-refractivity contribution in [3.63, 3.8) is 0 Å². The summed E-state index contributed by atoms with van der Waals surface area (Å²) in [5, 5.41) is 2.54. The van der Waals surface area contributed by atoms with Crippen molar-refractivity contribution in [2.45, 2.75) is 20.0 Å². The van der Waals surface area contributed by atoms with E-state index < -0.39 is 0 Å². The molecule has 0 fully saturated rings. The second-order valence-electron chi connectivity index (χ2n) is 7.34. The van der Waals surface area contributed by atoms with Crippen LogP contribution in [0.25, 0.3) is 21.5 Å². The smallest absolute Gasteiger partial charge is 0.260 e. The van der Waals surface area contributed by atoms with Crippen molar-refractivity contribution >= 4 is 27.2 Å². The number of anilines is 1. The van der Waals surface area contributed by atoms with Crippen molar-refractivity contribution < 1.29 is 9.32 Å². The number of nitrogens with zero attached hydrogens (tertiary/aromatic N) is 2. The van der Waals surface area contributed by atoms with E-state index in [4.69, 9.17) is 9.40 Å². The van der Waals surface area contributed by atoms with Crippen LogP contribution >= 0.6 is 11.3 Å². The van der Waals surface area contributed by atoms with Gasteiger partial charge in [-0.15, -0.1) is 11.3 Å². The molecule has 0 aliphatic rings. The van der Waals surface area contributed by atoms with Gasteiger partial charge < -0.3 is 19.2 Å². The molecule has 4 rings (SSSR count). The molecule has 1 atom stereocenters. The van der Waals surface area contributed by atoms with Gasteiger partial charge in [0, 0.05) is 36.3 Å². The number of rotatable bonds is 7. The summed E-state index contributed by atoms with van der Waals surface area (Å²) in [6.07, 6.45) is 1.61. The van der Waals surface area contributed by atoms with Gasteiger partial charge in [0.25, 0.3) is 5.56 Å². The highest BCUT2D eigenvalue weighted by Gasteiger charge is 2.17.